The zero-order valence-electron chi connectivity index (χ0n) is 11.6. The fourth-order valence-corrected chi connectivity index (χ4v) is 4.02. The van der Waals surface area contributed by atoms with Gasteiger partial charge in [0.1, 0.15) is 5.00 Å². The number of carbonyl (C=O) groups is 1. The zero-order chi connectivity index (χ0) is 14.1. The van der Waals surface area contributed by atoms with Crippen LogP contribution in [-0.2, 0) is 0 Å². The monoisotopic (exact) mass is 307 g/mol. The molecular formula is C14H17N3OS2. The highest BCUT2D eigenvalue weighted by Crippen LogP contribution is 2.20. The first kappa shape index (κ1) is 13.6. The first-order chi connectivity index (χ1) is 9.63. The second-order valence-corrected chi connectivity index (χ2v) is 7.45. The molecule has 0 aromatic carbocycles. The number of rotatable bonds is 1. The molecule has 0 radical (unpaired) electrons. The lowest BCUT2D eigenvalue weighted by Crippen LogP contribution is -2.27. The molecule has 2 aromatic rings. The van der Waals surface area contributed by atoms with Crippen LogP contribution in [0.1, 0.15) is 22.6 Å². The summed E-state index contributed by atoms with van der Waals surface area (Å²) in [4.78, 5) is 21.5. The van der Waals surface area contributed by atoms with Crippen LogP contribution in [0.2, 0.25) is 0 Å². The van der Waals surface area contributed by atoms with E-state index in [0.717, 1.165) is 40.6 Å². The van der Waals surface area contributed by atoms with Crippen LogP contribution in [0.25, 0.3) is 5.00 Å². The number of urea groups is 1. The first-order valence-corrected chi connectivity index (χ1v) is 8.36. The Morgan fingerprint density at radius 1 is 1.15 bits per heavy atom. The van der Waals surface area contributed by atoms with Crippen molar-refractivity contribution in [1.29, 1.82) is 0 Å². The predicted molar refractivity (Wildman–Crippen MR) is 82.8 cm³/mol. The van der Waals surface area contributed by atoms with Gasteiger partial charge in [0.25, 0.3) is 0 Å². The van der Waals surface area contributed by atoms with E-state index >= 15 is 0 Å². The van der Waals surface area contributed by atoms with Gasteiger partial charge in [0.05, 0.1) is 0 Å². The van der Waals surface area contributed by atoms with Gasteiger partial charge >= 0.3 is 6.03 Å². The number of amides is 2. The Balaban J connectivity index is 1.98. The minimum absolute atomic E-state index is 0.105. The fraction of sp³-hybridized carbons (Fsp3) is 0.429. The predicted octanol–water partition coefficient (Wildman–Crippen LogP) is 3.33. The van der Waals surface area contributed by atoms with Crippen LogP contribution in [0.3, 0.4) is 0 Å². The van der Waals surface area contributed by atoms with Crippen molar-refractivity contribution in [3.8, 4) is 5.00 Å². The standard InChI is InChI=1S/C14H17N3OS2/c1-10-5-6-12(19-10)17-9-11(2)20-14(17)15-13(18)16-7-3-4-8-16/h5-6,9H,3-4,7-8H2,1-2H3. The highest BCUT2D eigenvalue weighted by Gasteiger charge is 2.17. The average molecular weight is 307 g/mol. The Morgan fingerprint density at radius 2 is 1.90 bits per heavy atom. The molecule has 6 heteroatoms. The lowest BCUT2D eigenvalue weighted by atomic mass is 10.4. The number of aromatic nitrogens is 1. The summed E-state index contributed by atoms with van der Waals surface area (Å²) >= 11 is 3.27. The maximum absolute atomic E-state index is 12.2. The number of thiophene rings is 1. The third kappa shape index (κ3) is 2.71. The molecular weight excluding hydrogens is 290 g/mol. The van der Waals surface area contributed by atoms with Gasteiger partial charge in [-0.25, -0.2) is 4.79 Å². The SMILES string of the molecule is Cc1ccc(-n2cc(C)sc2=NC(=O)N2CCCC2)s1. The number of thiazole rings is 1. The summed E-state index contributed by atoms with van der Waals surface area (Å²) in [6.45, 7) is 5.80. The minimum Gasteiger partial charge on any atom is -0.323 e. The lowest BCUT2D eigenvalue weighted by molar-refractivity contribution is 0.218. The van der Waals surface area contributed by atoms with E-state index in [2.05, 4.69) is 24.0 Å². The van der Waals surface area contributed by atoms with Crippen LogP contribution in [0.4, 0.5) is 4.79 Å². The fourth-order valence-electron chi connectivity index (χ4n) is 2.30. The summed E-state index contributed by atoms with van der Waals surface area (Å²) in [5, 5.41) is 1.11. The molecule has 0 saturated carbocycles. The Labute approximate surface area is 126 Å². The molecule has 3 heterocycles. The van der Waals surface area contributed by atoms with Crippen LogP contribution in [0.15, 0.2) is 23.3 Å². The molecule has 0 N–H and O–H groups in total. The molecule has 0 spiro atoms. The molecule has 20 heavy (non-hydrogen) atoms. The maximum atomic E-state index is 12.2. The van der Waals surface area contributed by atoms with Gasteiger partial charge in [-0.3, -0.25) is 4.57 Å². The number of hydrogen-bond acceptors (Lipinski definition) is 3. The summed E-state index contributed by atoms with van der Waals surface area (Å²) in [5.74, 6) is 0. The third-order valence-electron chi connectivity index (χ3n) is 3.30. The van der Waals surface area contributed by atoms with E-state index in [1.807, 2.05) is 22.6 Å². The summed E-state index contributed by atoms with van der Waals surface area (Å²) < 4.78 is 2.02. The molecule has 3 rings (SSSR count). The molecule has 2 amide bonds. The smallest absolute Gasteiger partial charge is 0.323 e. The Hall–Kier alpha value is -1.40. The van der Waals surface area contributed by atoms with Crippen LogP contribution in [-0.4, -0.2) is 28.6 Å². The normalized spacial score (nSPS) is 16.1. The zero-order valence-corrected chi connectivity index (χ0v) is 13.3. The summed E-state index contributed by atoms with van der Waals surface area (Å²) in [7, 11) is 0. The number of hydrogen-bond donors (Lipinski definition) is 0. The van der Waals surface area contributed by atoms with Crippen molar-refractivity contribution in [3.05, 3.63) is 32.9 Å². The maximum Gasteiger partial charge on any atom is 0.346 e. The Bertz CT molecular complexity index is 689. The van der Waals surface area contributed by atoms with Gasteiger partial charge in [-0.15, -0.1) is 22.7 Å². The van der Waals surface area contributed by atoms with E-state index in [-0.39, 0.29) is 6.03 Å². The van der Waals surface area contributed by atoms with Crippen molar-refractivity contribution in [2.24, 2.45) is 4.99 Å². The van der Waals surface area contributed by atoms with E-state index in [1.54, 1.807) is 22.7 Å². The topological polar surface area (TPSA) is 37.6 Å². The van der Waals surface area contributed by atoms with Crippen LogP contribution >= 0.6 is 22.7 Å². The van der Waals surface area contributed by atoms with E-state index in [4.69, 9.17) is 0 Å². The largest absolute Gasteiger partial charge is 0.346 e. The van der Waals surface area contributed by atoms with Gasteiger partial charge in [0.2, 0.25) is 0 Å². The molecule has 0 aliphatic carbocycles. The van der Waals surface area contributed by atoms with Gasteiger partial charge in [-0.05, 0) is 38.8 Å². The van der Waals surface area contributed by atoms with Crippen molar-refractivity contribution in [2.75, 3.05) is 13.1 Å². The molecule has 2 aromatic heterocycles. The van der Waals surface area contributed by atoms with Gasteiger partial charge in [0.15, 0.2) is 4.80 Å². The lowest BCUT2D eigenvalue weighted by Gasteiger charge is -2.10. The van der Waals surface area contributed by atoms with Gasteiger partial charge < -0.3 is 4.90 Å². The number of likely N-dealkylation sites (tertiary alicyclic amines) is 1. The van der Waals surface area contributed by atoms with E-state index in [9.17, 15) is 4.79 Å². The van der Waals surface area contributed by atoms with E-state index < -0.39 is 0 Å². The summed E-state index contributed by atoms with van der Waals surface area (Å²) in [6.07, 6.45) is 4.23. The number of aryl methyl sites for hydroxylation is 2. The Morgan fingerprint density at radius 3 is 2.55 bits per heavy atom. The molecule has 1 aliphatic rings. The van der Waals surface area contributed by atoms with Crippen molar-refractivity contribution in [1.82, 2.24) is 9.47 Å². The molecule has 106 valence electrons. The first-order valence-electron chi connectivity index (χ1n) is 6.73. The summed E-state index contributed by atoms with van der Waals surface area (Å²) in [5.41, 5.74) is 0. The van der Waals surface area contributed by atoms with Crippen molar-refractivity contribution in [2.45, 2.75) is 26.7 Å². The second-order valence-electron chi connectivity index (χ2n) is 4.97. The quantitative estimate of drug-likeness (QED) is 0.796. The van der Waals surface area contributed by atoms with Crippen LogP contribution < -0.4 is 4.80 Å². The molecule has 0 atom stereocenters. The van der Waals surface area contributed by atoms with Gasteiger partial charge in [-0.1, -0.05) is 0 Å². The van der Waals surface area contributed by atoms with Gasteiger partial charge in [-0.2, -0.15) is 4.99 Å². The molecule has 0 bridgehead atoms. The number of carbonyl (C=O) groups excluding carboxylic acids is 1. The minimum atomic E-state index is -0.105. The van der Waals surface area contributed by atoms with Crippen molar-refractivity contribution in [3.63, 3.8) is 0 Å². The van der Waals surface area contributed by atoms with Crippen LogP contribution in [0, 0.1) is 13.8 Å². The van der Waals surface area contributed by atoms with E-state index in [1.165, 1.54) is 4.88 Å². The third-order valence-corrected chi connectivity index (χ3v) is 5.20. The average Bonchev–Trinajstić information content (AvgIpc) is 3.10. The molecule has 1 aliphatic heterocycles. The molecule has 4 nitrogen and oxygen atoms in total. The summed E-state index contributed by atoms with van der Waals surface area (Å²) in [6, 6.07) is 4.06. The van der Waals surface area contributed by atoms with Crippen molar-refractivity contribution >= 4 is 28.7 Å². The molecule has 1 saturated heterocycles. The number of nitrogens with zero attached hydrogens (tertiary/aromatic N) is 3. The highest BCUT2D eigenvalue weighted by molar-refractivity contribution is 7.14. The van der Waals surface area contributed by atoms with Crippen molar-refractivity contribution < 1.29 is 4.79 Å². The van der Waals surface area contributed by atoms with Crippen LogP contribution in [0.5, 0.6) is 0 Å². The highest BCUT2D eigenvalue weighted by atomic mass is 32.1. The van der Waals surface area contributed by atoms with E-state index in [0.29, 0.717) is 0 Å². The second kappa shape index (κ2) is 5.54. The molecule has 1 fully saturated rings. The van der Waals surface area contributed by atoms with Gasteiger partial charge in [0, 0.05) is 29.0 Å². The molecule has 0 unspecified atom stereocenters. The Kier molecular flexibility index (Phi) is 3.76.